The number of nitrogens with one attached hydrogen (secondary N) is 1. The summed E-state index contributed by atoms with van der Waals surface area (Å²) in [5.41, 5.74) is 3.15. The van der Waals surface area contributed by atoms with Gasteiger partial charge < -0.3 is 5.32 Å². The Morgan fingerprint density at radius 2 is 1.91 bits per heavy atom. The summed E-state index contributed by atoms with van der Waals surface area (Å²) < 4.78 is 0. The van der Waals surface area contributed by atoms with Crippen molar-refractivity contribution in [3.8, 4) is 0 Å². The van der Waals surface area contributed by atoms with E-state index < -0.39 is 0 Å². The molecule has 4 aromatic rings. The van der Waals surface area contributed by atoms with E-state index in [1.54, 1.807) is 17.7 Å². The predicted octanol–water partition coefficient (Wildman–Crippen LogP) is 4.60. The fourth-order valence-electron chi connectivity index (χ4n) is 2.55. The van der Waals surface area contributed by atoms with Crippen LogP contribution in [-0.2, 0) is 0 Å². The van der Waals surface area contributed by atoms with Crippen molar-refractivity contribution in [3.05, 3.63) is 53.3 Å². The van der Waals surface area contributed by atoms with E-state index in [2.05, 4.69) is 46.2 Å². The number of fused-ring (bicyclic) bond motifs is 2. The predicted molar refractivity (Wildman–Crippen MR) is 91.9 cm³/mol. The van der Waals surface area contributed by atoms with Gasteiger partial charge in [-0.25, -0.2) is 9.97 Å². The van der Waals surface area contributed by atoms with Crippen LogP contribution in [0.1, 0.15) is 10.4 Å². The molecule has 0 unspecified atom stereocenters. The Hall–Kier alpha value is -2.53. The zero-order chi connectivity index (χ0) is 15.1. The molecule has 0 fully saturated rings. The van der Waals surface area contributed by atoms with Gasteiger partial charge in [0.2, 0.25) is 0 Å². The lowest BCUT2D eigenvalue weighted by Gasteiger charge is -2.08. The molecule has 3 aromatic heterocycles. The highest BCUT2D eigenvalue weighted by molar-refractivity contribution is 7.18. The first-order valence-corrected chi connectivity index (χ1v) is 7.86. The van der Waals surface area contributed by atoms with Crippen LogP contribution in [0.25, 0.3) is 21.1 Å². The highest BCUT2D eigenvalue weighted by Crippen LogP contribution is 2.33. The van der Waals surface area contributed by atoms with Gasteiger partial charge in [0.15, 0.2) is 0 Å². The maximum absolute atomic E-state index is 4.48. The lowest BCUT2D eigenvalue weighted by Crippen LogP contribution is -1.96. The van der Waals surface area contributed by atoms with Gasteiger partial charge in [-0.05, 0) is 31.5 Å². The molecule has 0 saturated carbocycles. The molecule has 0 aliphatic carbocycles. The first-order valence-electron chi connectivity index (χ1n) is 7.05. The number of rotatable bonds is 2. The molecule has 0 aliphatic rings. The van der Waals surface area contributed by atoms with Gasteiger partial charge in [0.1, 0.15) is 17.0 Å². The van der Waals surface area contributed by atoms with Gasteiger partial charge in [-0.3, -0.25) is 4.98 Å². The second-order valence-electron chi connectivity index (χ2n) is 5.23. The molecule has 0 spiro atoms. The third-order valence-corrected chi connectivity index (χ3v) is 4.93. The molecule has 4 nitrogen and oxygen atoms in total. The second-order valence-corrected chi connectivity index (χ2v) is 6.43. The number of anilines is 2. The van der Waals surface area contributed by atoms with Gasteiger partial charge in [0.25, 0.3) is 0 Å². The Kier molecular flexibility index (Phi) is 3.01. The summed E-state index contributed by atoms with van der Waals surface area (Å²) in [6.07, 6.45) is 3.44. The molecule has 4 rings (SSSR count). The van der Waals surface area contributed by atoms with Crippen molar-refractivity contribution in [1.82, 2.24) is 15.0 Å². The Labute approximate surface area is 131 Å². The summed E-state index contributed by atoms with van der Waals surface area (Å²) >= 11 is 1.70. The van der Waals surface area contributed by atoms with Crippen molar-refractivity contribution in [2.75, 3.05) is 5.32 Å². The number of aromatic nitrogens is 3. The van der Waals surface area contributed by atoms with Gasteiger partial charge in [0, 0.05) is 10.3 Å². The average molecular weight is 306 g/mol. The van der Waals surface area contributed by atoms with Crippen LogP contribution in [-0.4, -0.2) is 15.0 Å². The van der Waals surface area contributed by atoms with Crippen LogP contribution in [0.3, 0.4) is 0 Å². The number of nitrogens with zero attached hydrogens (tertiary/aromatic N) is 3. The van der Waals surface area contributed by atoms with E-state index in [1.807, 2.05) is 24.4 Å². The SMILES string of the molecule is Cc1sc2ncnc(Nc3cnc4ccccc4c3)c2c1C. The Bertz CT molecular complexity index is 990. The minimum atomic E-state index is 0.837. The molecule has 0 radical (unpaired) electrons. The van der Waals surface area contributed by atoms with E-state index in [1.165, 1.54) is 10.4 Å². The molecule has 3 heterocycles. The molecule has 1 N–H and O–H groups in total. The van der Waals surface area contributed by atoms with Crippen molar-refractivity contribution in [2.45, 2.75) is 13.8 Å². The minimum Gasteiger partial charge on any atom is -0.338 e. The number of pyridine rings is 1. The van der Waals surface area contributed by atoms with Crippen LogP contribution in [0, 0.1) is 13.8 Å². The summed E-state index contributed by atoms with van der Waals surface area (Å²) in [6.45, 7) is 4.23. The third kappa shape index (κ3) is 2.10. The molecule has 0 amide bonds. The van der Waals surface area contributed by atoms with E-state index in [0.29, 0.717) is 0 Å². The molecule has 0 bridgehead atoms. The smallest absolute Gasteiger partial charge is 0.142 e. The summed E-state index contributed by atoms with van der Waals surface area (Å²) in [4.78, 5) is 15.6. The molecular weight excluding hydrogens is 292 g/mol. The number of aryl methyl sites for hydroxylation is 2. The van der Waals surface area contributed by atoms with Crippen LogP contribution in [0.15, 0.2) is 42.9 Å². The third-order valence-electron chi connectivity index (χ3n) is 3.82. The van der Waals surface area contributed by atoms with Crippen molar-refractivity contribution in [1.29, 1.82) is 0 Å². The summed E-state index contributed by atoms with van der Waals surface area (Å²) in [5.74, 6) is 0.837. The highest BCUT2D eigenvalue weighted by Gasteiger charge is 2.12. The van der Waals surface area contributed by atoms with Crippen LogP contribution >= 0.6 is 11.3 Å². The van der Waals surface area contributed by atoms with Crippen LogP contribution < -0.4 is 5.32 Å². The molecule has 22 heavy (non-hydrogen) atoms. The summed E-state index contributed by atoms with van der Waals surface area (Å²) in [5, 5.41) is 5.59. The number of para-hydroxylation sites is 1. The molecule has 1 aromatic carbocycles. The maximum Gasteiger partial charge on any atom is 0.142 e. The number of hydrogen-bond acceptors (Lipinski definition) is 5. The lowest BCUT2D eigenvalue weighted by atomic mass is 10.2. The van der Waals surface area contributed by atoms with Crippen LogP contribution in [0.5, 0.6) is 0 Å². The first kappa shape index (κ1) is 13.2. The van der Waals surface area contributed by atoms with Crippen molar-refractivity contribution < 1.29 is 0 Å². The quantitative estimate of drug-likeness (QED) is 0.588. The summed E-state index contributed by atoms with van der Waals surface area (Å²) in [6, 6.07) is 10.2. The largest absolute Gasteiger partial charge is 0.338 e. The van der Waals surface area contributed by atoms with Crippen molar-refractivity contribution in [3.63, 3.8) is 0 Å². The Morgan fingerprint density at radius 1 is 1.05 bits per heavy atom. The van der Waals surface area contributed by atoms with Crippen LogP contribution in [0.2, 0.25) is 0 Å². The molecule has 0 atom stereocenters. The Balaban J connectivity index is 1.82. The monoisotopic (exact) mass is 306 g/mol. The zero-order valence-electron chi connectivity index (χ0n) is 12.3. The van der Waals surface area contributed by atoms with Gasteiger partial charge in [-0.2, -0.15) is 0 Å². The topological polar surface area (TPSA) is 50.7 Å². The molecule has 5 heteroatoms. The molecule has 108 valence electrons. The Morgan fingerprint density at radius 3 is 2.82 bits per heavy atom. The zero-order valence-corrected chi connectivity index (χ0v) is 13.1. The fourth-order valence-corrected chi connectivity index (χ4v) is 3.55. The number of benzene rings is 1. The average Bonchev–Trinajstić information content (AvgIpc) is 2.83. The minimum absolute atomic E-state index is 0.837. The summed E-state index contributed by atoms with van der Waals surface area (Å²) in [7, 11) is 0. The van der Waals surface area contributed by atoms with E-state index in [9.17, 15) is 0 Å². The van der Waals surface area contributed by atoms with E-state index >= 15 is 0 Å². The second kappa shape index (κ2) is 5.03. The van der Waals surface area contributed by atoms with E-state index in [-0.39, 0.29) is 0 Å². The fraction of sp³-hybridized carbons (Fsp3) is 0.118. The number of thiophene rings is 1. The van der Waals surface area contributed by atoms with Gasteiger partial charge in [-0.1, -0.05) is 18.2 Å². The first-order chi connectivity index (χ1) is 10.7. The van der Waals surface area contributed by atoms with Gasteiger partial charge in [0.05, 0.1) is 22.8 Å². The van der Waals surface area contributed by atoms with E-state index in [4.69, 9.17) is 0 Å². The maximum atomic E-state index is 4.48. The van der Waals surface area contributed by atoms with Gasteiger partial charge in [-0.15, -0.1) is 11.3 Å². The normalized spacial score (nSPS) is 11.2. The van der Waals surface area contributed by atoms with Crippen molar-refractivity contribution in [2.24, 2.45) is 0 Å². The molecule has 0 saturated heterocycles. The lowest BCUT2D eigenvalue weighted by molar-refractivity contribution is 1.22. The van der Waals surface area contributed by atoms with Gasteiger partial charge >= 0.3 is 0 Å². The van der Waals surface area contributed by atoms with Crippen LogP contribution in [0.4, 0.5) is 11.5 Å². The standard InChI is InChI=1S/C17H14N4S/c1-10-11(2)22-17-15(10)16(19-9-20-17)21-13-7-12-5-3-4-6-14(12)18-8-13/h3-9H,1-2H3,(H,19,20,21). The molecular formula is C17H14N4S. The highest BCUT2D eigenvalue weighted by atomic mass is 32.1. The number of hydrogen-bond donors (Lipinski definition) is 1. The van der Waals surface area contributed by atoms with Crippen molar-refractivity contribution >= 4 is 44.0 Å². The molecule has 0 aliphatic heterocycles. The van der Waals surface area contributed by atoms with E-state index in [0.717, 1.165) is 32.6 Å².